The van der Waals surface area contributed by atoms with E-state index in [1.54, 1.807) is 0 Å². The first-order chi connectivity index (χ1) is 30.0. The molecule has 6 nitrogen and oxygen atoms in total. The van der Waals surface area contributed by atoms with Crippen molar-refractivity contribution in [2.24, 2.45) is 0 Å². The molecule has 0 heterocycles. The van der Waals surface area contributed by atoms with Gasteiger partial charge in [-0.15, -0.1) is 0 Å². The first-order valence-corrected chi connectivity index (χ1v) is 34.1. The van der Waals surface area contributed by atoms with Gasteiger partial charge in [-0.25, -0.2) is 0 Å². The van der Waals surface area contributed by atoms with E-state index >= 15 is 0 Å². The zero-order chi connectivity index (χ0) is 45.5. The van der Waals surface area contributed by atoms with Crippen molar-refractivity contribution in [1.82, 2.24) is 28.5 Å². The largest absolute Gasteiger partial charge is 0.295 e. The number of hydrogen-bond donors (Lipinski definition) is 0. The molecular formula is C46H76N6P4S7. The predicted octanol–water partition coefficient (Wildman–Crippen LogP) is 10.0. The van der Waals surface area contributed by atoms with E-state index in [2.05, 4.69) is 242 Å². The predicted molar refractivity (Wildman–Crippen MR) is 313 cm³/mol. The molecule has 0 aliphatic carbocycles. The molecule has 352 valence electrons. The summed E-state index contributed by atoms with van der Waals surface area (Å²) in [6, 6.07) is 44.3. The van der Waals surface area contributed by atoms with Crippen molar-refractivity contribution in [3.8, 4) is 0 Å². The number of rotatable bonds is 24. The van der Waals surface area contributed by atoms with Crippen LogP contribution in [0.1, 0.15) is 53.4 Å². The summed E-state index contributed by atoms with van der Waals surface area (Å²) in [5.41, 5.74) is 0. The summed E-state index contributed by atoms with van der Waals surface area (Å²) in [6.45, 7) is 13.6. The minimum absolute atomic E-state index is 0. The molecular weight excluding hydrogens is 985 g/mol. The third kappa shape index (κ3) is 24.8. The Morgan fingerprint density at radius 3 is 0.841 bits per heavy atom. The van der Waals surface area contributed by atoms with E-state index in [-0.39, 0.29) is 45.8 Å². The van der Waals surface area contributed by atoms with E-state index in [0.717, 1.165) is 38.2 Å². The summed E-state index contributed by atoms with van der Waals surface area (Å²) in [6.07, 6.45) is 9.48. The molecule has 4 aromatic rings. The van der Waals surface area contributed by atoms with Gasteiger partial charge in [0.1, 0.15) is 0 Å². The Balaban J connectivity index is 0.000000553. The van der Waals surface area contributed by atoms with Crippen LogP contribution in [0, 0.1) is 0 Å². The molecule has 0 amide bonds. The van der Waals surface area contributed by atoms with Crippen LogP contribution < -0.4 is 21.2 Å². The second-order valence-electron chi connectivity index (χ2n) is 14.9. The molecule has 0 radical (unpaired) electrons. The average molecular weight is 1060 g/mol. The molecule has 0 N–H and O–H groups in total. The fourth-order valence-electron chi connectivity index (χ4n) is 6.33. The summed E-state index contributed by atoms with van der Waals surface area (Å²) >= 11 is 9.03. The second-order valence-corrected chi connectivity index (χ2v) is 31.1. The van der Waals surface area contributed by atoms with Gasteiger partial charge >= 0.3 is 0 Å². The Morgan fingerprint density at radius 2 is 0.635 bits per heavy atom. The van der Waals surface area contributed by atoms with Crippen molar-refractivity contribution in [2.75, 3.05) is 93.6 Å². The van der Waals surface area contributed by atoms with Crippen molar-refractivity contribution >= 4 is 125 Å². The van der Waals surface area contributed by atoms with Crippen LogP contribution in [0.2, 0.25) is 0 Å². The number of hydrogen-bond acceptors (Lipinski definition) is 8. The molecule has 4 unspecified atom stereocenters. The molecule has 0 saturated carbocycles. The Bertz CT molecular complexity index is 1760. The lowest BCUT2D eigenvalue weighted by atomic mass is 10.3. The van der Waals surface area contributed by atoms with E-state index in [0.29, 0.717) is 0 Å². The minimum Gasteiger partial charge on any atom is -0.295 e. The Labute approximate surface area is 418 Å². The fourth-order valence-corrected chi connectivity index (χ4v) is 21.0. The van der Waals surface area contributed by atoms with E-state index in [1.807, 2.05) is 0 Å². The molecule has 0 spiro atoms. The molecule has 0 aliphatic heterocycles. The zero-order valence-electron chi connectivity index (χ0n) is 39.5. The van der Waals surface area contributed by atoms with Crippen LogP contribution in [-0.4, -0.2) is 122 Å². The van der Waals surface area contributed by atoms with Crippen LogP contribution in [0.25, 0.3) is 0 Å². The van der Waals surface area contributed by atoms with E-state index < -0.39 is 0 Å². The van der Waals surface area contributed by atoms with Crippen molar-refractivity contribution in [1.29, 1.82) is 0 Å². The first kappa shape index (κ1) is 61.0. The van der Waals surface area contributed by atoms with Crippen LogP contribution in [0.3, 0.4) is 0 Å². The minimum atomic E-state index is -0.347. The van der Waals surface area contributed by atoms with E-state index in [1.165, 1.54) is 95.5 Å². The Kier molecular flexibility index (Phi) is 36.8. The quantitative estimate of drug-likeness (QED) is 0.0639. The molecule has 0 aromatic heterocycles. The molecule has 17 heteroatoms. The molecule has 0 saturated heterocycles. The Morgan fingerprint density at radius 1 is 0.397 bits per heavy atom. The van der Waals surface area contributed by atoms with E-state index in [9.17, 15) is 0 Å². The molecule has 4 atom stereocenters. The normalized spacial score (nSPS) is 13.0. The lowest BCUT2D eigenvalue weighted by Gasteiger charge is -2.36. The SMILES string of the molecule is CCCCN(C)P(CN(C)CP(c1ccccc1)N(C)CCCC)c1ccccc1.CCN(C)P(CN(C)CP(c1ccccc1)N(C)CC)c1ccccc1.S.S=S=S=S=S=S. The van der Waals surface area contributed by atoms with Gasteiger partial charge in [-0.1, -0.05) is 162 Å². The Hall–Kier alpha value is 0.0300. The standard InChI is InChI=1S/C25H41N3P2.C21H33N3P2.S6.H2S/c1-6-8-20-27(4)29(24-16-12-10-13-17-24)22-26(3)23-30(28(5)21-9-7-2)25-18-14-11-15-19-25;1-6-23(4)25(20-14-10-8-11-15-20)18-22(3)19-26(24(5)7-2)21-16-12-9-13-17-21;1-3-5-6-4-2;/h10-19H,6-9,20-23H2,1-5H3;8-17H,6-7,18-19H2,1-5H3;;1H2. The zero-order valence-corrected chi connectivity index (χ0v) is 48.9. The van der Waals surface area contributed by atoms with Gasteiger partial charge in [0.2, 0.25) is 0 Å². The van der Waals surface area contributed by atoms with Gasteiger partial charge in [0.15, 0.2) is 0 Å². The van der Waals surface area contributed by atoms with Gasteiger partial charge in [-0.3, -0.25) is 28.5 Å². The fraction of sp³-hybridized carbons (Fsp3) is 0.478. The molecule has 0 fully saturated rings. The highest BCUT2D eigenvalue weighted by Gasteiger charge is 2.24. The smallest absolute Gasteiger partial charge is 0.0360 e. The van der Waals surface area contributed by atoms with Gasteiger partial charge in [0, 0.05) is 128 Å². The maximum atomic E-state index is 4.52. The molecule has 4 rings (SSSR count). The first-order valence-electron chi connectivity index (χ1n) is 21.5. The summed E-state index contributed by atoms with van der Waals surface area (Å²) in [4.78, 5) is 5.12. The lowest BCUT2D eigenvalue weighted by Crippen LogP contribution is -2.32. The molecule has 0 bridgehead atoms. The van der Waals surface area contributed by atoms with Crippen LogP contribution >= 0.6 is 45.8 Å². The van der Waals surface area contributed by atoms with Crippen LogP contribution in [0.4, 0.5) is 0 Å². The maximum Gasteiger partial charge on any atom is 0.0360 e. The van der Waals surface area contributed by atoms with Gasteiger partial charge in [0.25, 0.3) is 0 Å². The highest BCUT2D eigenvalue weighted by Crippen LogP contribution is 2.44. The highest BCUT2D eigenvalue weighted by atomic mass is 33.3. The van der Waals surface area contributed by atoms with Gasteiger partial charge in [0.05, 0.1) is 0 Å². The maximum absolute atomic E-state index is 4.52. The van der Waals surface area contributed by atoms with Gasteiger partial charge in [-0.05, 0) is 89.4 Å². The van der Waals surface area contributed by atoms with Crippen LogP contribution in [0.15, 0.2) is 121 Å². The monoisotopic (exact) mass is 1060 g/mol. The molecule has 0 aliphatic rings. The van der Waals surface area contributed by atoms with Crippen molar-refractivity contribution in [3.63, 3.8) is 0 Å². The van der Waals surface area contributed by atoms with Crippen molar-refractivity contribution < 1.29 is 0 Å². The molecule has 4 aromatic carbocycles. The number of nitrogens with zero attached hydrogens (tertiary/aromatic N) is 6. The summed E-state index contributed by atoms with van der Waals surface area (Å²) < 4.78 is 10.2. The summed E-state index contributed by atoms with van der Waals surface area (Å²) in [5, 5.41) is 5.90. The van der Waals surface area contributed by atoms with Gasteiger partial charge < -0.3 is 0 Å². The van der Waals surface area contributed by atoms with E-state index in [4.69, 9.17) is 0 Å². The van der Waals surface area contributed by atoms with Crippen molar-refractivity contribution in [3.05, 3.63) is 121 Å². The third-order valence-corrected chi connectivity index (χ3v) is 27.5. The average Bonchev–Trinajstić information content (AvgIpc) is 3.32. The van der Waals surface area contributed by atoms with Crippen LogP contribution in [0.5, 0.6) is 0 Å². The van der Waals surface area contributed by atoms with Crippen molar-refractivity contribution in [2.45, 2.75) is 53.4 Å². The topological polar surface area (TPSA) is 19.4 Å². The second kappa shape index (κ2) is 37.9. The number of benzene rings is 4. The van der Waals surface area contributed by atoms with Crippen LogP contribution in [-0.2, 0) is 57.9 Å². The number of unbranched alkanes of at least 4 members (excludes halogenated alkanes) is 2. The third-order valence-electron chi connectivity index (χ3n) is 10.0. The highest BCUT2D eigenvalue weighted by molar-refractivity contribution is 8.64. The summed E-state index contributed by atoms with van der Waals surface area (Å²) in [5.74, 6) is 0. The van der Waals surface area contributed by atoms with Gasteiger partial charge in [-0.2, -0.15) is 13.5 Å². The lowest BCUT2D eigenvalue weighted by molar-refractivity contribution is 0.428. The molecule has 63 heavy (non-hydrogen) atoms. The summed E-state index contributed by atoms with van der Waals surface area (Å²) in [7, 11) is 18.0.